The topological polar surface area (TPSA) is 86.5 Å². The van der Waals surface area contributed by atoms with Gasteiger partial charge in [-0.2, -0.15) is 0 Å². The minimum absolute atomic E-state index is 0.0622. The molecule has 1 N–H and O–H groups in total. The quantitative estimate of drug-likeness (QED) is 0.584. The second-order valence-electron chi connectivity index (χ2n) is 6.28. The minimum atomic E-state index is -0.373. The zero-order valence-corrected chi connectivity index (χ0v) is 16.6. The zero-order valence-electron chi connectivity index (χ0n) is 16.6. The van der Waals surface area contributed by atoms with Gasteiger partial charge in [-0.25, -0.2) is 0 Å². The molecule has 1 amide bonds. The second-order valence-corrected chi connectivity index (χ2v) is 6.28. The summed E-state index contributed by atoms with van der Waals surface area (Å²) in [7, 11) is 3.13. The number of benzene rings is 2. The van der Waals surface area contributed by atoms with Crippen molar-refractivity contribution in [1.82, 2.24) is 10.2 Å². The molecule has 0 bridgehead atoms. The average Bonchev–Trinajstić information content (AvgIpc) is 3.19. The summed E-state index contributed by atoms with van der Waals surface area (Å²) in [6, 6.07) is 13.7. The van der Waals surface area contributed by atoms with Gasteiger partial charge in [0.1, 0.15) is 0 Å². The van der Waals surface area contributed by atoms with Crippen molar-refractivity contribution < 1.29 is 18.7 Å². The summed E-state index contributed by atoms with van der Waals surface area (Å²) >= 11 is 0. The van der Waals surface area contributed by atoms with Gasteiger partial charge in [-0.05, 0) is 41.3 Å². The molecule has 0 saturated heterocycles. The number of nitrogens with zero attached hydrogens (tertiary/aromatic N) is 2. The first kappa shape index (κ1) is 20.1. The molecule has 1 heterocycles. The number of hydrogen-bond donors (Lipinski definition) is 1. The molecule has 29 heavy (non-hydrogen) atoms. The van der Waals surface area contributed by atoms with Crippen LogP contribution in [0.25, 0.3) is 6.08 Å². The van der Waals surface area contributed by atoms with E-state index in [-0.39, 0.29) is 11.9 Å². The van der Waals surface area contributed by atoms with Gasteiger partial charge in [-0.3, -0.25) is 10.1 Å². The maximum absolute atomic E-state index is 12.1. The van der Waals surface area contributed by atoms with E-state index in [0.29, 0.717) is 23.8 Å². The molecule has 0 aliphatic heterocycles. The van der Waals surface area contributed by atoms with E-state index in [1.165, 1.54) is 11.6 Å². The Morgan fingerprint density at radius 2 is 1.76 bits per heavy atom. The Labute approximate surface area is 169 Å². The number of carbonyl (C=O) groups excluding carboxylic acids is 1. The Balaban J connectivity index is 1.59. The first-order valence-corrected chi connectivity index (χ1v) is 9.22. The summed E-state index contributed by atoms with van der Waals surface area (Å²) in [5.41, 5.74) is 3.13. The first-order valence-electron chi connectivity index (χ1n) is 9.22. The molecule has 7 heteroatoms. The summed E-state index contributed by atoms with van der Waals surface area (Å²) in [6.07, 6.45) is 4.54. The van der Waals surface area contributed by atoms with Gasteiger partial charge in [-0.1, -0.05) is 42.4 Å². The van der Waals surface area contributed by atoms with Gasteiger partial charge in [0.05, 0.1) is 20.6 Å². The fourth-order valence-electron chi connectivity index (χ4n) is 2.72. The Morgan fingerprint density at radius 3 is 2.45 bits per heavy atom. The van der Waals surface area contributed by atoms with Crippen LogP contribution in [-0.4, -0.2) is 30.3 Å². The van der Waals surface area contributed by atoms with Crippen LogP contribution >= 0.6 is 0 Å². The van der Waals surface area contributed by atoms with Crippen molar-refractivity contribution in [2.75, 3.05) is 19.5 Å². The van der Waals surface area contributed by atoms with E-state index in [1.807, 2.05) is 18.2 Å². The highest BCUT2D eigenvalue weighted by molar-refractivity contribution is 6.00. The normalized spacial score (nSPS) is 10.9. The Hall–Kier alpha value is -3.61. The van der Waals surface area contributed by atoms with Crippen LogP contribution in [0.1, 0.15) is 29.5 Å². The zero-order chi connectivity index (χ0) is 20.6. The van der Waals surface area contributed by atoms with Crippen molar-refractivity contribution in [3.05, 3.63) is 71.1 Å². The van der Waals surface area contributed by atoms with Gasteiger partial charge in [0, 0.05) is 6.08 Å². The molecule has 0 atom stereocenters. The van der Waals surface area contributed by atoms with Gasteiger partial charge >= 0.3 is 6.01 Å². The minimum Gasteiger partial charge on any atom is -0.493 e. The lowest BCUT2D eigenvalue weighted by Crippen LogP contribution is -2.07. The number of anilines is 1. The lowest BCUT2D eigenvalue weighted by molar-refractivity contribution is -0.112. The Morgan fingerprint density at radius 1 is 1.03 bits per heavy atom. The van der Waals surface area contributed by atoms with Crippen molar-refractivity contribution >= 4 is 18.0 Å². The molecular formula is C22H23N3O4. The van der Waals surface area contributed by atoms with Gasteiger partial charge < -0.3 is 13.9 Å². The highest BCUT2D eigenvalue weighted by Gasteiger charge is 2.09. The predicted octanol–water partition coefficient (Wildman–Crippen LogP) is 3.89. The molecule has 2 aromatic carbocycles. The van der Waals surface area contributed by atoms with E-state index in [2.05, 4.69) is 34.6 Å². The predicted molar refractivity (Wildman–Crippen MR) is 110 cm³/mol. The summed E-state index contributed by atoms with van der Waals surface area (Å²) in [6.45, 7) is 2.11. The van der Waals surface area contributed by atoms with Crippen LogP contribution in [0.5, 0.6) is 11.5 Å². The van der Waals surface area contributed by atoms with Crippen LogP contribution < -0.4 is 14.8 Å². The van der Waals surface area contributed by atoms with E-state index < -0.39 is 0 Å². The van der Waals surface area contributed by atoms with Crippen molar-refractivity contribution in [2.24, 2.45) is 0 Å². The molecule has 0 aliphatic carbocycles. The van der Waals surface area contributed by atoms with Gasteiger partial charge in [0.25, 0.3) is 5.91 Å². The maximum Gasteiger partial charge on any atom is 0.322 e. The van der Waals surface area contributed by atoms with Gasteiger partial charge in [0.2, 0.25) is 5.89 Å². The van der Waals surface area contributed by atoms with Crippen LogP contribution in [0.3, 0.4) is 0 Å². The van der Waals surface area contributed by atoms with Gasteiger partial charge in [0.15, 0.2) is 11.5 Å². The summed E-state index contributed by atoms with van der Waals surface area (Å²) in [4.78, 5) is 12.1. The fourth-order valence-corrected chi connectivity index (χ4v) is 2.72. The number of hydrogen-bond acceptors (Lipinski definition) is 6. The molecule has 3 aromatic rings. The lowest BCUT2D eigenvalue weighted by atomic mass is 10.1. The lowest BCUT2D eigenvalue weighted by Gasteiger charge is -2.07. The molecule has 0 saturated carbocycles. The van der Waals surface area contributed by atoms with E-state index in [1.54, 1.807) is 32.4 Å². The Bertz CT molecular complexity index is 994. The number of nitrogens with one attached hydrogen (secondary N) is 1. The summed E-state index contributed by atoms with van der Waals surface area (Å²) < 4.78 is 16.0. The maximum atomic E-state index is 12.1. The number of amides is 1. The van der Waals surface area contributed by atoms with E-state index in [4.69, 9.17) is 13.9 Å². The van der Waals surface area contributed by atoms with Crippen molar-refractivity contribution in [2.45, 2.75) is 19.8 Å². The third-order valence-electron chi connectivity index (χ3n) is 4.32. The standard InChI is InChI=1S/C22H23N3O4/c1-4-15-5-7-17(8-6-15)14-21-24-25-22(29-21)23-20(26)12-10-16-9-11-18(27-2)19(13-16)28-3/h5-13H,4,14H2,1-3H3,(H,23,25,26). The molecule has 0 unspecified atom stereocenters. The fraction of sp³-hybridized carbons (Fsp3) is 0.227. The van der Waals surface area contributed by atoms with E-state index in [9.17, 15) is 4.79 Å². The van der Waals surface area contributed by atoms with Crippen LogP contribution in [0.15, 0.2) is 53.0 Å². The smallest absolute Gasteiger partial charge is 0.322 e. The number of carbonyl (C=O) groups is 1. The monoisotopic (exact) mass is 393 g/mol. The van der Waals surface area contributed by atoms with E-state index in [0.717, 1.165) is 17.5 Å². The molecule has 150 valence electrons. The van der Waals surface area contributed by atoms with Crippen LogP contribution in [-0.2, 0) is 17.6 Å². The Kier molecular flexibility index (Phi) is 6.63. The molecule has 0 spiro atoms. The number of ether oxygens (including phenoxy) is 2. The number of rotatable bonds is 8. The van der Waals surface area contributed by atoms with Crippen molar-refractivity contribution in [3.63, 3.8) is 0 Å². The third-order valence-corrected chi connectivity index (χ3v) is 4.32. The van der Waals surface area contributed by atoms with Crippen molar-refractivity contribution in [1.29, 1.82) is 0 Å². The highest BCUT2D eigenvalue weighted by atomic mass is 16.5. The average molecular weight is 393 g/mol. The first-order chi connectivity index (χ1) is 14.1. The molecule has 0 radical (unpaired) electrons. The number of aromatic nitrogens is 2. The molecule has 1 aromatic heterocycles. The van der Waals surface area contributed by atoms with E-state index >= 15 is 0 Å². The number of methoxy groups -OCH3 is 2. The molecule has 0 fully saturated rings. The van der Waals surface area contributed by atoms with Crippen LogP contribution in [0.2, 0.25) is 0 Å². The van der Waals surface area contributed by atoms with Crippen molar-refractivity contribution in [3.8, 4) is 11.5 Å². The highest BCUT2D eigenvalue weighted by Crippen LogP contribution is 2.28. The molecule has 0 aliphatic rings. The van der Waals surface area contributed by atoms with Crippen LogP contribution in [0.4, 0.5) is 6.01 Å². The molecular weight excluding hydrogens is 370 g/mol. The second kappa shape index (κ2) is 9.54. The third kappa shape index (κ3) is 5.44. The number of aryl methyl sites for hydroxylation is 1. The summed E-state index contributed by atoms with van der Waals surface area (Å²) in [5.74, 6) is 1.27. The van der Waals surface area contributed by atoms with Gasteiger partial charge in [-0.15, -0.1) is 5.10 Å². The molecule has 3 rings (SSSR count). The SMILES string of the molecule is CCc1ccc(Cc2nnc(NC(=O)C=Cc3ccc(OC)c(OC)c3)o2)cc1. The molecule has 7 nitrogen and oxygen atoms in total. The van der Waals surface area contributed by atoms with Crippen LogP contribution in [0, 0.1) is 0 Å². The summed E-state index contributed by atoms with van der Waals surface area (Å²) in [5, 5.41) is 10.4. The largest absolute Gasteiger partial charge is 0.493 e.